The molecular weight excluding hydrogens is 351 g/mol. The van der Waals surface area contributed by atoms with E-state index in [4.69, 9.17) is 10.3 Å². The lowest BCUT2D eigenvalue weighted by molar-refractivity contribution is -0.137. The number of hydrogen-bond donors (Lipinski definition) is 1. The third-order valence-corrected chi connectivity index (χ3v) is 4.17. The molecule has 0 radical (unpaired) electrons. The molecule has 0 unspecified atom stereocenters. The second-order valence-corrected chi connectivity index (χ2v) is 6.27. The lowest BCUT2D eigenvalue weighted by Gasteiger charge is -2.22. The number of carbonyl (C=O) groups excluding carboxylic acids is 2. The normalized spacial score (nSPS) is 14.0. The van der Waals surface area contributed by atoms with E-state index in [1.54, 1.807) is 13.8 Å². The largest absolute Gasteiger partial charge is 0.416 e. The van der Waals surface area contributed by atoms with Gasteiger partial charge in [-0.1, -0.05) is 37.2 Å². The maximum absolute atomic E-state index is 12.8. The van der Waals surface area contributed by atoms with E-state index in [1.807, 2.05) is 0 Å². The Morgan fingerprint density at radius 2 is 1.96 bits per heavy atom. The highest BCUT2D eigenvalue weighted by Gasteiger charge is 2.37. The molecule has 1 amide bonds. The lowest BCUT2D eigenvalue weighted by Crippen LogP contribution is -2.33. The highest BCUT2D eigenvalue weighted by atomic mass is 19.4. The number of carbonyl (C=O) groups is 2. The molecule has 1 heterocycles. The minimum absolute atomic E-state index is 0.00482. The van der Waals surface area contributed by atoms with E-state index >= 15 is 0 Å². The van der Waals surface area contributed by atoms with Crippen LogP contribution in [0.1, 0.15) is 54.3 Å². The van der Waals surface area contributed by atoms with E-state index in [9.17, 15) is 22.8 Å². The zero-order valence-corrected chi connectivity index (χ0v) is 14.3. The summed E-state index contributed by atoms with van der Waals surface area (Å²) in [5.41, 5.74) is 3.64. The van der Waals surface area contributed by atoms with Crippen LogP contribution in [0.5, 0.6) is 0 Å². The Balaban J connectivity index is 2.20. The number of primary amides is 1. The molecule has 0 spiro atoms. The van der Waals surface area contributed by atoms with Crippen molar-refractivity contribution in [1.29, 1.82) is 0 Å². The van der Waals surface area contributed by atoms with Crippen LogP contribution in [-0.2, 0) is 17.4 Å². The molecule has 0 aliphatic heterocycles. The standard InChI is InChI=1S/C17H18F3N3O3/c1-3-16(2,9-12(21)24)14(25)15-22-13(26-23-15)8-10-5-4-6-11(7-10)17(18,19)20/h4-7H,3,8-9H2,1-2H3,(H2,21,24)/t16-/m0/s1. The predicted octanol–water partition coefficient (Wildman–Crippen LogP) is 3.15. The fourth-order valence-corrected chi connectivity index (χ4v) is 2.47. The summed E-state index contributed by atoms with van der Waals surface area (Å²) in [5, 5.41) is 3.59. The van der Waals surface area contributed by atoms with Crippen molar-refractivity contribution in [3.05, 3.63) is 47.1 Å². The fraction of sp³-hybridized carbons (Fsp3) is 0.412. The molecule has 1 aromatic heterocycles. The van der Waals surface area contributed by atoms with Gasteiger partial charge in [0.05, 0.1) is 12.0 Å². The van der Waals surface area contributed by atoms with Crippen molar-refractivity contribution >= 4 is 11.7 Å². The minimum atomic E-state index is -4.45. The Kier molecular flexibility index (Phi) is 5.48. The number of hydrogen-bond acceptors (Lipinski definition) is 5. The first-order valence-corrected chi connectivity index (χ1v) is 7.87. The zero-order valence-electron chi connectivity index (χ0n) is 14.3. The maximum atomic E-state index is 12.8. The van der Waals surface area contributed by atoms with Gasteiger partial charge in [0.2, 0.25) is 23.4 Å². The second-order valence-electron chi connectivity index (χ2n) is 6.27. The summed E-state index contributed by atoms with van der Waals surface area (Å²) in [6.45, 7) is 3.30. The number of benzene rings is 1. The van der Waals surface area contributed by atoms with Gasteiger partial charge in [0.1, 0.15) is 0 Å². The quantitative estimate of drug-likeness (QED) is 0.756. The third kappa shape index (κ3) is 4.47. The molecule has 9 heteroatoms. The van der Waals surface area contributed by atoms with Gasteiger partial charge in [-0.05, 0) is 18.1 Å². The topological polar surface area (TPSA) is 99.1 Å². The molecule has 140 valence electrons. The van der Waals surface area contributed by atoms with Gasteiger partial charge in [-0.15, -0.1) is 0 Å². The summed E-state index contributed by atoms with van der Waals surface area (Å²) in [4.78, 5) is 27.7. The average molecular weight is 369 g/mol. The lowest BCUT2D eigenvalue weighted by atomic mass is 9.79. The number of alkyl halides is 3. The summed E-state index contributed by atoms with van der Waals surface area (Å²) < 4.78 is 43.3. The number of aromatic nitrogens is 2. The number of nitrogens with two attached hydrogens (primary N) is 1. The Bertz CT molecular complexity index is 817. The summed E-state index contributed by atoms with van der Waals surface area (Å²) in [7, 11) is 0. The molecule has 1 atom stereocenters. The van der Waals surface area contributed by atoms with Crippen molar-refractivity contribution in [2.45, 2.75) is 39.3 Å². The summed E-state index contributed by atoms with van der Waals surface area (Å²) in [6.07, 6.45) is -4.33. The van der Waals surface area contributed by atoms with Crippen molar-refractivity contribution in [2.75, 3.05) is 0 Å². The van der Waals surface area contributed by atoms with Crippen LogP contribution >= 0.6 is 0 Å². The molecule has 1 aromatic carbocycles. The van der Waals surface area contributed by atoms with Crippen molar-refractivity contribution in [3.63, 3.8) is 0 Å². The van der Waals surface area contributed by atoms with Crippen LogP contribution in [0.15, 0.2) is 28.8 Å². The number of halogens is 3. The molecular formula is C17H18F3N3O3. The molecule has 0 aliphatic rings. The van der Waals surface area contributed by atoms with E-state index in [0.29, 0.717) is 12.0 Å². The molecule has 26 heavy (non-hydrogen) atoms. The van der Waals surface area contributed by atoms with Crippen LogP contribution in [0.3, 0.4) is 0 Å². The third-order valence-electron chi connectivity index (χ3n) is 4.17. The zero-order chi connectivity index (χ0) is 19.5. The van der Waals surface area contributed by atoms with Crippen LogP contribution in [0, 0.1) is 5.41 Å². The van der Waals surface area contributed by atoms with E-state index in [-0.39, 0.29) is 24.6 Å². The molecule has 0 aliphatic carbocycles. The molecule has 0 saturated heterocycles. The number of rotatable bonds is 7. The van der Waals surface area contributed by atoms with Gasteiger partial charge in [-0.2, -0.15) is 18.2 Å². The summed E-state index contributed by atoms with van der Waals surface area (Å²) in [6, 6.07) is 4.71. The van der Waals surface area contributed by atoms with Crippen molar-refractivity contribution in [1.82, 2.24) is 10.1 Å². The van der Waals surface area contributed by atoms with Gasteiger partial charge < -0.3 is 10.3 Å². The Morgan fingerprint density at radius 3 is 2.54 bits per heavy atom. The highest BCUT2D eigenvalue weighted by Crippen LogP contribution is 2.31. The van der Waals surface area contributed by atoms with Crippen LogP contribution in [0.4, 0.5) is 13.2 Å². The van der Waals surface area contributed by atoms with Crippen LogP contribution < -0.4 is 5.73 Å². The summed E-state index contributed by atoms with van der Waals surface area (Å²) in [5.74, 6) is -1.35. The molecule has 2 aromatic rings. The van der Waals surface area contributed by atoms with E-state index in [0.717, 1.165) is 12.1 Å². The first-order chi connectivity index (χ1) is 12.0. The Hall–Kier alpha value is -2.71. The number of nitrogens with zero attached hydrogens (tertiary/aromatic N) is 2. The van der Waals surface area contributed by atoms with Crippen LogP contribution in [-0.4, -0.2) is 21.8 Å². The first-order valence-electron chi connectivity index (χ1n) is 7.87. The monoisotopic (exact) mass is 369 g/mol. The van der Waals surface area contributed by atoms with E-state index in [1.165, 1.54) is 12.1 Å². The van der Waals surface area contributed by atoms with Gasteiger partial charge in [0, 0.05) is 11.8 Å². The van der Waals surface area contributed by atoms with E-state index < -0.39 is 28.8 Å². The molecule has 6 nitrogen and oxygen atoms in total. The molecule has 0 bridgehead atoms. The molecule has 0 saturated carbocycles. The number of Topliss-reactive ketones (excluding diaryl/α,β-unsaturated/α-hetero) is 1. The smallest absolute Gasteiger partial charge is 0.370 e. The van der Waals surface area contributed by atoms with Crippen LogP contribution in [0.2, 0.25) is 0 Å². The SMILES string of the molecule is CC[C@@](C)(CC(N)=O)C(=O)c1noc(Cc2cccc(C(F)(F)F)c2)n1. The van der Waals surface area contributed by atoms with Crippen molar-refractivity contribution < 1.29 is 27.3 Å². The van der Waals surface area contributed by atoms with Gasteiger partial charge >= 0.3 is 6.18 Å². The Morgan fingerprint density at radius 1 is 1.27 bits per heavy atom. The number of amides is 1. The fourth-order valence-electron chi connectivity index (χ4n) is 2.47. The highest BCUT2D eigenvalue weighted by molar-refractivity contribution is 5.99. The predicted molar refractivity (Wildman–Crippen MR) is 85.1 cm³/mol. The van der Waals surface area contributed by atoms with Gasteiger partial charge in [0.15, 0.2) is 0 Å². The number of ketones is 1. The average Bonchev–Trinajstić information content (AvgIpc) is 3.01. The van der Waals surface area contributed by atoms with Gasteiger partial charge in [0.25, 0.3) is 0 Å². The molecule has 2 N–H and O–H groups in total. The summed E-state index contributed by atoms with van der Waals surface area (Å²) >= 11 is 0. The Labute approximate surface area is 147 Å². The maximum Gasteiger partial charge on any atom is 0.416 e. The van der Waals surface area contributed by atoms with Crippen molar-refractivity contribution in [3.8, 4) is 0 Å². The molecule has 2 rings (SSSR count). The van der Waals surface area contributed by atoms with Crippen LogP contribution in [0.25, 0.3) is 0 Å². The second kappa shape index (κ2) is 7.27. The van der Waals surface area contributed by atoms with Crippen molar-refractivity contribution in [2.24, 2.45) is 11.1 Å². The first kappa shape index (κ1) is 19.6. The van der Waals surface area contributed by atoms with Gasteiger partial charge in [-0.3, -0.25) is 9.59 Å². The molecule has 0 fully saturated rings. The minimum Gasteiger partial charge on any atom is -0.370 e. The van der Waals surface area contributed by atoms with E-state index in [2.05, 4.69) is 10.1 Å². The van der Waals surface area contributed by atoms with Gasteiger partial charge in [-0.25, -0.2) is 0 Å².